The molecule has 4 aliphatic heterocycles. The molecule has 76 heavy (non-hydrogen) atoms. The van der Waals surface area contributed by atoms with Gasteiger partial charge >= 0.3 is 5.97 Å². The number of rotatable bonds is 18. The average molecular weight is 1100 g/mol. The molecule has 7 fully saturated rings. The topological polar surface area (TPSA) is 455 Å². The standard InChI is InChI=1S/C49H82O27/c1-18-11-20-6-8-28-48(2,9-4-10-49(28,3)47(68)76-46-42(38(64)34(60)27(16-53)74-46)75-45-41(67)37(63)33(59)26(15-52)73-45)21(20)7-5-19(18)12-23(70-44-40(66)36(62)32(58)25(14-51)72-44)30(56)29(55)22(54)17-69-43-39(65)35(61)31(57)24(13-50)71-43/h19-46,50-67H,1,4-17H2,2-3H3/t19?,20?,21-,22?,23?,24?,25?,26?,27?,28?,29?,30?,31?,32?,33?,34?,35?,36?,37?,38?,39?,40?,41?,42?,43?,44?,45?,46?,48+,49-/m1/s1. The van der Waals surface area contributed by atoms with Gasteiger partial charge in [-0.15, -0.1) is 0 Å². The lowest BCUT2D eigenvalue weighted by molar-refractivity contribution is -0.363. The molecule has 0 aromatic carbocycles. The van der Waals surface area contributed by atoms with Crippen molar-refractivity contribution >= 4 is 5.97 Å². The Morgan fingerprint density at radius 2 is 1.11 bits per heavy atom. The number of hydrogen-bond donors (Lipinski definition) is 18. The number of esters is 1. The SMILES string of the molecule is C=C1CC2CCC3[C@](C)(C(=O)OC4OC(CO)C(O)C(O)C4OC4OC(CO)C(O)C(O)C4O)CCC[C@@]3(C)[C@@H]2CCC1CC(OC1OC(CO)C(O)C(O)C1O)C(O)C(O)C(O)COC1OC(CO)C(O)C(O)C1O. The van der Waals surface area contributed by atoms with Crippen molar-refractivity contribution < 1.29 is 135 Å². The van der Waals surface area contributed by atoms with E-state index in [-0.39, 0.29) is 24.2 Å². The molecular weight excluding hydrogens is 1020 g/mol. The van der Waals surface area contributed by atoms with Gasteiger partial charge in [0.2, 0.25) is 6.29 Å². The predicted molar refractivity (Wildman–Crippen MR) is 250 cm³/mol. The van der Waals surface area contributed by atoms with Crippen LogP contribution in [-0.4, -0.2) is 278 Å². The molecule has 4 heterocycles. The van der Waals surface area contributed by atoms with Crippen molar-refractivity contribution in [1.29, 1.82) is 0 Å². The summed E-state index contributed by atoms with van der Waals surface area (Å²) < 4.78 is 45.6. The zero-order chi connectivity index (χ0) is 55.9. The van der Waals surface area contributed by atoms with Crippen LogP contribution in [-0.2, 0) is 42.7 Å². The molecule has 0 aromatic heterocycles. The highest BCUT2D eigenvalue weighted by molar-refractivity contribution is 5.77. The van der Waals surface area contributed by atoms with Gasteiger partial charge in [0, 0.05) is 0 Å². The lowest BCUT2D eigenvalue weighted by atomic mass is 9.45. The Hall–Kier alpha value is -1.79. The van der Waals surface area contributed by atoms with Gasteiger partial charge in [0.15, 0.2) is 25.0 Å². The first-order valence-electron chi connectivity index (χ1n) is 26.3. The van der Waals surface area contributed by atoms with Crippen LogP contribution in [0.25, 0.3) is 0 Å². The van der Waals surface area contributed by atoms with Crippen molar-refractivity contribution in [2.24, 2.45) is 34.5 Å². The van der Waals surface area contributed by atoms with E-state index in [1.165, 1.54) is 0 Å². The minimum atomic E-state index is -2.10. The summed E-state index contributed by atoms with van der Waals surface area (Å²) in [5.74, 6) is -1.52. The van der Waals surface area contributed by atoms with Crippen LogP contribution >= 0.6 is 0 Å². The first-order valence-corrected chi connectivity index (χ1v) is 26.3. The minimum absolute atomic E-state index is 0.0360. The number of carbonyl (C=O) groups excluding carboxylic acids is 1. The number of allylic oxidation sites excluding steroid dienone is 1. The van der Waals surface area contributed by atoms with E-state index >= 15 is 0 Å². The highest BCUT2D eigenvalue weighted by Crippen LogP contribution is 2.64. The fourth-order valence-electron chi connectivity index (χ4n) is 13.3. The van der Waals surface area contributed by atoms with E-state index in [1.54, 1.807) is 6.92 Å². The van der Waals surface area contributed by atoms with Gasteiger partial charge in [-0.1, -0.05) is 25.5 Å². The molecule has 0 bridgehead atoms. The van der Waals surface area contributed by atoms with Gasteiger partial charge in [-0.3, -0.25) is 4.79 Å². The maximum Gasteiger partial charge on any atom is 0.314 e. The molecule has 30 atom stereocenters. The maximum atomic E-state index is 14.8. The fraction of sp³-hybridized carbons (Fsp3) is 0.939. The zero-order valence-corrected chi connectivity index (χ0v) is 42.5. The van der Waals surface area contributed by atoms with Gasteiger partial charge in [-0.05, 0) is 87.4 Å². The molecule has 27 heteroatoms. The first kappa shape index (κ1) is 61.8. The van der Waals surface area contributed by atoms with E-state index in [0.717, 1.165) is 5.57 Å². The molecule has 3 saturated carbocycles. The number of aliphatic hydroxyl groups excluding tert-OH is 18. The average Bonchev–Trinajstić information content (AvgIpc) is 3.56. The van der Waals surface area contributed by atoms with Gasteiger partial charge in [-0.25, -0.2) is 0 Å². The van der Waals surface area contributed by atoms with Gasteiger partial charge < -0.3 is 130 Å². The van der Waals surface area contributed by atoms with E-state index in [9.17, 15) is 96.7 Å². The Bertz CT molecular complexity index is 1880. The Morgan fingerprint density at radius 3 is 1.67 bits per heavy atom. The molecule has 18 N–H and O–H groups in total. The third-order valence-electron chi connectivity index (χ3n) is 17.9. The monoisotopic (exact) mass is 1100 g/mol. The molecule has 27 nitrogen and oxygen atoms in total. The van der Waals surface area contributed by atoms with Crippen molar-refractivity contribution in [3.63, 3.8) is 0 Å². The van der Waals surface area contributed by atoms with Gasteiger partial charge in [0.1, 0.15) is 110 Å². The van der Waals surface area contributed by atoms with Gasteiger partial charge in [0.25, 0.3) is 0 Å². The lowest BCUT2D eigenvalue weighted by Crippen LogP contribution is -2.65. The van der Waals surface area contributed by atoms with Crippen LogP contribution in [0.5, 0.6) is 0 Å². The third-order valence-corrected chi connectivity index (χ3v) is 17.9. The van der Waals surface area contributed by atoms with Crippen LogP contribution in [0, 0.1) is 34.5 Å². The predicted octanol–water partition coefficient (Wildman–Crippen LogP) is -7.18. The molecule has 27 unspecified atom stereocenters. The number of carbonyl (C=O) groups is 1. The number of hydrogen-bond acceptors (Lipinski definition) is 27. The summed E-state index contributed by atoms with van der Waals surface area (Å²) in [6.07, 6.45) is -38.1. The second-order valence-corrected chi connectivity index (χ2v) is 22.5. The Kier molecular flexibility index (Phi) is 20.8. The van der Waals surface area contributed by atoms with Crippen molar-refractivity contribution in [2.45, 2.75) is 219 Å². The van der Waals surface area contributed by atoms with E-state index in [2.05, 4.69) is 13.5 Å². The number of ether oxygens (including phenoxy) is 8. The van der Waals surface area contributed by atoms with Crippen molar-refractivity contribution in [3.05, 3.63) is 12.2 Å². The van der Waals surface area contributed by atoms with E-state index in [1.807, 2.05) is 0 Å². The zero-order valence-electron chi connectivity index (χ0n) is 42.5. The molecule has 440 valence electrons. The number of fused-ring (bicyclic) bond motifs is 3. The van der Waals surface area contributed by atoms with Crippen LogP contribution in [0.4, 0.5) is 0 Å². The summed E-state index contributed by atoms with van der Waals surface area (Å²) in [5.41, 5.74) is -0.965. The quantitative estimate of drug-likeness (QED) is 0.0448. The highest BCUT2D eigenvalue weighted by Gasteiger charge is 2.61. The van der Waals surface area contributed by atoms with Crippen LogP contribution in [0.15, 0.2) is 12.2 Å². The van der Waals surface area contributed by atoms with Crippen LogP contribution < -0.4 is 0 Å². The van der Waals surface area contributed by atoms with Crippen LogP contribution in [0.3, 0.4) is 0 Å². The third kappa shape index (κ3) is 12.2. The first-order chi connectivity index (χ1) is 35.9. The summed E-state index contributed by atoms with van der Waals surface area (Å²) in [7, 11) is 0. The molecule has 0 aromatic rings. The Balaban J connectivity index is 1.07. The molecule has 0 amide bonds. The van der Waals surface area contributed by atoms with Crippen LogP contribution in [0.2, 0.25) is 0 Å². The molecule has 4 saturated heterocycles. The van der Waals surface area contributed by atoms with Gasteiger partial charge in [-0.2, -0.15) is 0 Å². The minimum Gasteiger partial charge on any atom is -0.432 e. The largest absolute Gasteiger partial charge is 0.432 e. The molecule has 7 aliphatic rings. The molecule has 3 aliphatic carbocycles. The summed E-state index contributed by atoms with van der Waals surface area (Å²) in [6.45, 7) is 4.31. The smallest absolute Gasteiger partial charge is 0.314 e. The van der Waals surface area contributed by atoms with E-state index < -0.39 is 203 Å². The van der Waals surface area contributed by atoms with Gasteiger partial charge in [0.05, 0.1) is 44.6 Å². The van der Waals surface area contributed by atoms with E-state index in [0.29, 0.717) is 51.4 Å². The summed E-state index contributed by atoms with van der Waals surface area (Å²) >= 11 is 0. The molecule has 0 radical (unpaired) electrons. The summed E-state index contributed by atoms with van der Waals surface area (Å²) in [5, 5.41) is 190. The molecule has 7 rings (SSSR count). The molecule has 0 spiro atoms. The Morgan fingerprint density at radius 1 is 0.605 bits per heavy atom. The highest BCUT2D eigenvalue weighted by atomic mass is 16.8. The van der Waals surface area contributed by atoms with Crippen LogP contribution in [0.1, 0.15) is 71.6 Å². The molecular formula is C49H82O27. The second-order valence-electron chi connectivity index (χ2n) is 22.5. The van der Waals surface area contributed by atoms with Crippen molar-refractivity contribution in [1.82, 2.24) is 0 Å². The van der Waals surface area contributed by atoms with Crippen molar-refractivity contribution in [3.8, 4) is 0 Å². The second kappa shape index (κ2) is 25.6. The fourth-order valence-corrected chi connectivity index (χ4v) is 13.3. The number of aliphatic hydroxyl groups is 18. The van der Waals surface area contributed by atoms with Crippen molar-refractivity contribution in [2.75, 3.05) is 33.0 Å². The summed E-state index contributed by atoms with van der Waals surface area (Å²) in [4.78, 5) is 14.8. The van der Waals surface area contributed by atoms with E-state index in [4.69, 9.17) is 37.9 Å². The maximum absolute atomic E-state index is 14.8. The summed E-state index contributed by atoms with van der Waals surface area (Å²) in [6, 6.07) is 0. The lowest BCUT2D eigenvalue weighted by Gasteiger charge is -2.59. The normalized spacial score (nSPS) is 48.9. The Labute approximate surface area is 438 Å².